The lowest BCUT2D eigenvalue weighted by atomic mass is 10.1. The molecule has 4 rings (SSSR count). The minimum atomic E-state index is -0.846. The van der Waals surface area contributed by atoms with Crippen LogP contribution in [-0.2, 0) is 9.59 Å². The number of rotatable bonds is 5. The summed E-state index contributed by atoms with van der Waals surface area (Å²) in [6.07, 6.45) is 0.743. The smallest absolute Gasteiger partial charge is 0.326 e. The number of urea groups is 1. The van der Waals surface area contributed by atoms with Crippen molar-refractivity contribution in [2.24, 2.45) is 0 Å². The summed E-state index contributed by atoms with van der Waals surface area (Å²) in [7, 11) is 0. The average molecular weight is 473 g/mol. The molecule has 33 heavy (non-hydrogen) atoms. The van der Waals surface area contributed by atoms with E-state index in [0.717, 1.165) is 12.1 Å². The SMILES string of the molecule is O=C(Nc1ccc(N2CCCC2C(=O)O)cc1)C1CC(O)CN1C(=O)Nc1ccc(Cl)cc1. The number of β-amino-alcohol motifs (C(OH)–C–C–N with tert-alkyl or cyclic N) is 1. The number of aliphatic carboxylic acids is 1. The molecule has 2 aliphatic rings. The molecule has 174 valence electrons. The summed E-state index contributed by atoms with van der Waals surface area (Å²) < 4.78 is 0. The molecular formula is C23H25ClN4O5. The van der Waals surface area contributed by atoms with E-state index in [-0.39, 0.29) is 13.0 Å². The summed E-state index contributed by atoms with van der Waals surface area (Å²) in [5.41, 5.74) is 1.83. The van der Waals surface area contributed by atoms with Gasteiger partial charge in [-0.15, -0.1) is 0 Å². The van der Waals surface area contributed by atoms with Crippen molar-refractivity contribution < 1.29 is 24.6 Å². The monoisotopic (exact) mass is 472 g/mol. The molecule has 3 unspecified atom stereocenters. The third-order valence-corrected chi connectivity index (χ3v) is 6.19. The molecule has 0 spiro atoms. The maximum absolute atomic E-state index is 12.9. The van der Waals surface area contributed by atoms with E-state index >= 15 is 0 Å². The van der Waals surface area contributed by atoms with Crippen molar-refractivity contribution in [3.63, 3.8) is 0 Å². The molecule has 3 amide bonds. The van der Waals surface area contributed by atoms with Crippen LogP contribution in [0, 0.1) is 0 Å². The average Bonchev–Trinajstić information content (AvgIpc) is 3.43. The molecule has 10 heteroatoms. The van der Waals surface area contributed by atoms with Crippen molar-refractivity contribution >= 4 is 46.6 Å². The summed E-state index contributed by atoms with van der Waals surface area (Å²) in [6.45, 7) is 0.711. The fraction of sp³-hybridized carbons (Fsp3) is 0.348. The van der Waals surface area contributed by atoms with Crippen molar-refractivity contribution in [3.05, 3.63) is 53.6 Å². The highest BCUT2D eigenvalue weighted by atomic mass is 35.5. The molecule has 2 saturated heterocycles. The van der Waals surface area contributed by atoms with Gasteiger partial charge in [0.05, 0.1) is 6.10 Å². The van der Waals surface area contributed by atoms with E-state index in [1.807, 2.05) is 4.90 Å². The van der Waals surface area contributed by atoms with Gasteiger partial charge in [-0.05, 0) is 61.4 Å². The van der Waals surface area contributed by atoms with Crippen LogP contribution in [-0.4, -0.2) is 64.3 Å². The Balaban J connectivity index is 1.40. The lowest BCUT2D eigenvalue weighted by molar-refractivity contribution is -0.138. The topological polar surface area (TPSA) is 122 Å². The van der Waals surface area contributed by atoms with Gasteiger partial charge in [-0.3, -0.25) is 4.79 Å². The van der Waals surface area contributed by atoms with Crippen molar-refractivity contribution in [1.29, 1.82) is 0 Å². The Kier molecular flexibility index (Phi) is 6.71. The summed E-state index contributed by atoms with van der Waals surface area (Å²) in [5, 5.41) is 25.5. The first-order valence-electron chi connectivity index (χ1n) is 10.7. The number of hydrogen-bond donors (Lipinski definition) is 4. The number of aliphatic hydroxyl groups excluding tert-OH is 1. The largest absolute Gasteiger partial charge is 0.480 e. The summed E-state index contributed by atoms with van der Waals surface area (Å²) in [4.78, 5) is 40.2. The Morgan fingerprint density at radius 1 is 0.939 bits per heavy atom. The van der Waals surface area contributed by atoms with Gasteiger partial charge in [0.15, 0.2) is 0 Å². The molecule has 4 N–H and O–H groups in total. The van der Waals surface area contributed by atoms with Gasteiger partial charge in [0.25, 0.3) is 0 Å². The third-order valence-electron chi connectivity index (χ3n) is 5.94. The number of halogens is 1. The van der Waals surface area contributed by atoms with E-state index < -0.39 is 36.1 Å². The predicted molar refractivity (Wildman–Crippen MR) is 125 cm³/mol. The molecule has 2 aliphatic heterocycles. The van der Waals surface area contributed by atoms with Crippen LogP contribution in [0.4, 0.5) is 21.9 Å². The first kappa shape index (κ1) is 22.9. The number of aliphatic hydroxyl groups is 1. The zero-order valence-corrected chi connectivity index (χ0v) is 18.5. The Bertz CT molecular complexity index is 1030. The van der Waals surface area contributed by atoms with Crippen LogP contribution in [0.1, 0.15) is 19.3 Å². The number of amides is 3. The van der Waals surface area contributed by atoms with E-state index in [0.29, 0.717) is 29.4 Å². The highest BCUT2D eigenvalue weighted by Gasteiger charge is 2.39. The van der Waals surface area contributed by atoms with Crippen molar-refractivity contribution in [2.75, 3.05) is 28.6 Å². The Labute approximate surface area is 195 Å². The maximum Gasteiger partial charge on any atom is 0.326 e. The molecule has 2 fully saturated rings. The van der Waals surface area contributed by atoms with Crippen molar-refractivity contribution in [2.45, 2.75) is 37.5 Å². The Hall–Kier alpha value is -3.30. The van der Waals surface area contributed by atoms with Crippen LogP contribution in [0.2, 0.25) is 5.02 Å². The second-order valence-corrected chi connectivity index (χ2v) is 8.66. The highest BCUT2D eigenvalue weighted by Crippen LogP contribution is 2.28. The molecule has 0 bridgehead atoms. The fourth-order valence-corrected chi connectivity index (χ4v) is 4.44. The maximum atomic E-state index is 12.9. The number of nitrogens with one attached hydrogen (secondary N) is 2. The van der Waals surface area contributed by atoms with Gasteiger partial charge in [-0.25, -0.2) is 9.59 Å². The number of carboxylic acids is 1. The van der Waals surface area contributed by atoms with Crippen LogP contribution in [0.25, 0.3) is 0 Å². The van der Waals surface area contributed by atoms with Gasteiger partial charge in [0.1, 0.15) is 12.1 Å². The normalized spacial score (nSPS) is 22.3. The van der Waals surface area contributed by atoms with Gasteiger partial charge in [0.2, 0.25) is 5.91 Å². The number of benzene rings is 2. The van der Waals surface area contributed by atoms with Crippen LogP contribution in [0.5, 0.6) is 0 Å². The van der Waals surface area contributed by atoms with E-state index in [1.165, 1.54) is 4.90 Å². The molecule has 0 radical (unpaired) electrons. The molecule has 9 nitrogen and oxygen atoms in total. The quantitative estimate of drug-likeness (QED) is 0.530. The van der Waals surface area contributed by atoms with Gasteiger partial charge >= 0.3 is 12.0 Å². The number of likely N-dealkylation sites (tertiary alicyclic amines) is 1. The molecule has 2 aromatic carbocycles. The van der Waals surface area contributed by atoms with Gasteiger partial charge in [-0.2, -0.15) is 0 Å². The summed E-state index contributed by atoms with van der Waals surface area (Å²) >= 11 is 5.87. The van der Waals surface area contributed by atoms with Crippen molar-refractivity contribution in [3.8, 4) is 0 Å². The predicted octanol–water partition coefficient (Wildman–Crippen LogP) is 3.00. The van der Waals surface area contributed by atoms with Crippen LogP contribution >= 0.6 is 11.6 Å². The van der Waals surface area contributed by atoms with Crippen molar-refractivity contribution in [1.82, 2.24) is 4.90 Å². The molecule has 0 aliphatic carbocycles. The number of carboxylic acid groups (broad SMARTS) is 1. The summed E-state index contributed by atoms with van der Waals surface area (Å²) in [5.74, 6) is -1.25. The summed E-state index contributed by atoms with van der Waals surface area (Å²) in [6, 6.07) is 11.7. The zero-order chi connectivity index (χ0) is 23.5. The van der Waals surface area contributed by atoms with Gasteiger partial charge < -0.3 is 30.6 Å². The number of carbonyl (C=O) groups excluding carboxylic acids is 2. The number of nitrogens with zero attached hydrogens (tertiary/aromatic N) is 2. The molecule has 2 aromatic rings. The fourth-order valence-electron chi connectivity index (χ4n) is 4.31. The lowest BCUT2D eigenvalue weighted by Crippen LogP contribution is -2.45. The minimum absolute atomic E-state index is 0.0436. The molecular weight excluding hydrogens is 448 g/mol. The third kappa shape index (κ3) is 5.20. The van der Waals surface area contributed by atoms with Crippen LogP contribution in [0.3, 0.4) is 0 Å². The second kappa shape index (κ2) is 9.68. The van der Waals surface area contributed by atoms with Gasteiger partial charge in [0, 0.05) is 41.6 Å². The van der Waals surface area contributed by atoms with Crippen LogP contribution < -0.4 is 15.5 Å². The van der Waals surface area contributed by atoms with E-state index in [9.17, 15) is 24.6 Å². The van der Waals surface area contributed by atoms with Gasteiger partial charge in [-0.1, -0.05) is 11.6 Å². The molecule has 0 aromatic heterocycles. The lowest BCUT2D eigenvalue weighted by Gasteiger charge is -2.25. The molecule has 3 atom stereocenters. The number of hydrogen-bond acceptors (Lipinski definition) is 5. The first-order chi connectivity index (χ1) is 15.8. The molecule has 2 heterocycles. The second-order valence-electron chi connectivity index (χ2n) is 8.22. The molecule has 0 saturated carbocycles. The standard InChI is InChI=1S/C23H25ClN4O5/c24-14-3-5-16(6-4-14)26-23(33)28-13-18(29)12-20(28)21(30)25-15-7-9-17(10-8-15)27-11-1-2-19(27)22(31)32/h3-10,18-20,29H,1-2,11-13H2,(H,25,30)(H,26,33)(H,31,32). The van der Waals surface area contributed by atoms with Crippen LogP contribution in [0.15, 0.2) is 48.5 Å². The minimum Gasteiger partial charge on any atom is -0.480 e. The van der Waals surface area contributed by atoms with E-state index in [1.54, 1.807) is 48.5 Å². The van der Waals surface area contributed by atoms with E-state index in [2.05, 4.69) is 10.6 Å². The first-order valence-corrected chi connectivity index (χ1v) is 11.1. The Morgan fingerprint density at radius 2 is 1.58 bits per heavy atom. The highest BCUT2D eigenvalue weighted by molar-refractivity contribution is 6.30. The zero-order valence-electron chi connectivity index (χ0n) is 17.8. The Morgan fingerprint density at radius 3 is 2.24 bits per heavy atom. The number of carbonyl (C=O) groups is 3. The van der Waals surface area contributed by atoms with E-state index in [4.69, 9.17) is 11.6 Å². The number of anilines is 3.